The van der Waals surface area contributed by atoms with Crippen molar-refractivity contribution in [3.63, 3.8) is 0 Å². The largest absolute Gasteiger partial charge is 0.444 e. The van der Waals surface area contributed by atoms with Crippen LogP contribution in [0.2, 0.25) is 0 Å². The number of allylic oxidation sites excluding steroid dienone is 1. The van der Waals surface area contributed by atoms with Crippen LogP contribution in [0.25, 0.3) is 0 Å². The molecule has 2 aromatic carbocycles. The van der Waals surface area contributed by atoms with Crippen molar-refractivity contribution >= 4 is 29.0 Å². The van der Waals surface area contributed by atoms with E-state index in [2.05, 4.69) is 5.32 Å². The second-order valence-electron chi connectivity index (χ2n) is 8.10. The van der Waals surface area contributed by atoms with E-state index < -0.39 is 17.2 Å². The maximum atomic E-state index is 14.1. The van der Waals surface area contributed by atoms with Crippen molar-refractivity contribution in [3.8, 4) is 6.07 Å². The molecule has 0 saturated carbocycles. The van der Waals surface area contributed by atoms with Crippen molar-refractivity contribution in [2.75, 3.05) is 16.8 Å². The number of hydrogen-bond acceptors (Lipinski definition) is 6. The molecule has 33 heavy (non-hydrogen) atoms. The first-order chi connectivity index (χ1) is 16.0. The minimum absolute atomic E-state index is 0.125. The van der Waals surface area contributed by atoms with Crippen LogP contribution in [0.3, 0.4) is 0 Å². The van der Waals surface area contributed by atoms with Crippen LogP contribution in [-0.4, -0.2) is 24.1 Å². The number of para-hydroxylation sites is 2. The number of nitrogens with zero attached hydrogens (tertiary/aromatic N) is 2. The summed E-state index contributed by atoms with van der Waals surface area (Å²) in [5.74, 6) is -1.09. The SMILES string of the molecule is N#CC1=C(N)OC2=C(C(=O)CCC2)[C@@]12C(=O)N(CC(=O)Nc1ccccc1)c1ccccc12. The van der Waals surface area contributed by atoms with Crippen LogP contribution in [0.5, 0.6) is 0 Å². The molecule has 0 saturated heterocycles. The summed E-state index contributed by atoms with van der Waals surface area (Å²) in [4.78, 5) is 41.4. The van der Waals surface area contributed by atoms with E-state index in [0.29, 0.717) is 35.5 Å². The molecule has 2 aliphatic heterocycles. The van der Waals surface area contributed by atoms with Gasteiger partial charge >= 0.3 is 0 Å². The zero-order chi connectivity index (χ0) is 23.2. The van der Waals surface area contributed by atoms with E-state index in [4.69, 9.17) is 10.5 Å². The van der Waals surface area contributed by atoms with Crippen molar-refractivity contribution in [1.82, 2.24) is 0 Å². The smallest absolute Gasteiger partial charge is 0.248 e. The number of rotatable bonds is 3. The molecular weight excluding hydrogens is 420 g/mol. The van der Waals surface area contributed by atoms with Crippen molar-refractivity contribution in [2.45, 2.75) is 24.7 Å². The minimum Gasteiger partial charge on any atom is -0.444 e. The Morgan fingerprint density at radius 2 is 1.85 bits per heavy atom. The Bertz CT molecular complexity index is 1310. The molecule has 8 nitrogen and oxygen atoms in total. The molecule has 0 fully saturated rings. The zero-order valence-corrected chi connectivity index (χ0v) is 17.6. The standard InChI is InChI=1S/C25H20N4O4/c26-13-17-23(27)33-20-12-6-11-19(30)22(20)25(17)16-9-4-5-10-18(16)29(24(25)32)14-21(31)28-15-7-2-1-3-8-15/h1-5,7-10H,6,11-12,14,27H2,(H,28,31)/t25-/m0/s1. The summed E-state index contributed by atoms with van der Waals surface area (Å²) in [6.45, 7) is -0.289. The molecule has 0 unspecified atom stereocenters. The van der Waals surface area contributed by atoms with Gasteiger partial charge in [0.1, 0.15) is 29.4 Å². The lowest BCUT2D eigenvalue weighted by Gasteiger charge is -2.37. The molecule has 0 radical (unpaired) electrons. The highest BCUT2D eigenvalue weighted by Crippen LogP contribution is 2.55. The highest BCUT2D eigenvalue weighted by atomic mass is 16.5. The third kappa shape index (κ3) is 2.93. The molecule has 3 aliphatic rings. The summed E-state index contributed by atoms with van der Waals surface area (Å²) >= 11 is 0. The van der Waals surface area contributed by atoms with E-state index in [-0.39, 0.29) is 35.8 Å². The number of nitriles is 1. The fourth-order valence-electron chi connectivity index (χ4n) is 4.93. The highest BCUT2D eigenvalue weighted by Gasteiger charge is 2.62. The predicted octanol–water partition coefficient (Wildman–Crippen LogP) is 2.64. The number of hydrogen-bond donors (Lipinski definition) is 2. The van der Waals surface area contributed by atoms with Gasteiger partial charge in [-0.3, -0.25) is 14.4 Å². The normalized spacial score (nSPS) is 21.5. The Morgan fingerprint density at radius 1 is 1.12 bits per heavy atom. The van der Waals surface area contributed by atoms with Gasteiger partial charge < -0.3 is 20.7 Å². The Kier molecular flexibility index (Phi) is 4.75. The number of anilines is 2. The average Bonchev–Trinajstić information content (AvgIpc) is 3.03. The fourth-order valence-corrected chi connectivity index (χ4v) is 4.93. The van der Waals surface area contributed by atoms with Gasteiger partial charge in [-0.2, -0.15) is 5.26 Å². The van der Waals surface area contributed by atoms with Gasteiger partial charge in [0, 0.05) is 29.8 Å². The van der Waals surface area contributed by atoms with E-state index in [1.54, 1.807) is 48.5 Å². The van der Waals surface area contributed by atoms with Gasteiger partial charge in [0.2, 0.25) is 17.7 Å². The minimum atomic E-state index is -1.71. The van der Waals surface area contributed by atoms with Crippen molar-refractivity contribution in [3.05, 3.63) is 82.9 Å². The van der Waals surface area contributed by atoms with E-state index in [1.807, 2.05) is 12.1 Å². The van der Waals surface area contributed by atoms with Gasteiger partial charge in [-0.15, -0.1) is 0 Å². The van der Waals surface area contributed by atoms with Gasteiger partial charge in [0.25, 0.3) is 0 Å². The van der Waals surface area contributed by atoms with Crippen LogP contribution in [-0.2, 0) is 24.5 Å². The molecule has 1 spiro atoms. The van der Waals surface area contributed by atoms with E-state index in [9.17, 15) is 19.6 Å². The van der Waals surface area contributed by atoms with Crippen LogP contribution >= 0.6 is 0 Å². The molecule has 5 rings (SSSR count). The van der Waals surface area contributed by atoms with Crippen LogP contribution < -0.4 is 16.0 Å². The summed E-state index contributed by atoms with van der Waals surface area (Å²) in [5.41, 5.74) is 5.92. The van der Waals surface area contributed by atoms with Gasteiger partial charge in [-0.25, -0.2) is 0 Å². The first kappa shape index (κ1) is 20.5. The molecule has 1 aliphatic carbocycles. The number of nitrogens with two attached hydrogens (primary N) is 1. The Balaban J connectivity index is 1.64. The van der Waals surface area contributed by atoms with E-state index in [0.717, 1.165) is 0 Å². The van der Waals surface area contributed by atoms with Crippen LogP contribution in [0.1, 0.15) is 24.8 Å². The number of nitrogens with one attached hydrogen (secondary N) is 1. The second-order valence-corrected chi connectivity index (χ2v) is 8.10. The monoisotopic (exact) mass is 440 g/mol. The number of ether oxygens (including phenoxy) is 1. The third-order valence-corrected chi connectivity index (χ3v) is 6.23. The number of ketones is 1. The number of carbonyl (C=O) groups is 3. The second kappa shape index (κ2) is 7.64. The van der Waals surface area contributed by atoms with Gasteiger partial charge in [-0.1, -0.05) is 36.4 Å². The van der Waals surface area contributed by atoms with Gasteiger partial charge in [0.05, 0.1) is 5.57 Å². The number of fused-ring (bicyclic) bond motifs is 3. The predicted molar refractivity (Wildman–Crippen MR) is 119 cm³/mol. The maximum absolute atomic E-state index is 14.1. The molecule has 164 valence electrons. The summed E-state index contributed by atoms with van der Waals surface area (Å²) < 4.78 is 5.65. The molecule has 0 bridgehead atoms. The van der Waals surface area contributed by atoms with E-state index in [1.165, 1.54) is 4.90 Å². The molecule has 2 amide bonds. The number of carbonyl (C=O) groups excluding carboxylic acids is 3. The molecule has 1 atom stereocenters. The Morgan fingerprint density at radius 3 is 2.61 bits per heavy atom. The van der Waals surface area contributed by atoms with Crippen LogP contribution in [0.4, 0.5) is 11.4 Å². The quantitative estimate of drug-likeness (QED) is 0.756. The summed E-state index contributed by atoms with van der Waals surface area (Å²) in [6.07, 6.45) is 1.25. The molecular formula is C25H20N4O4. The first-order valence-electron chi connectivity index (χ1n) is 10.6. The van der Waals surface area contributed by atoms with Gasteiger partial charge in [0.15, 0.2) is 5.78 Å². The number of amides is 2. The average molecular weight is 440 g/mol. The summed E-state index contributed by atoms with van der Waals surface area (Å²) in [5, 5.41) is 12.8. The molecule has 8 heteroatoms. The Hall–Kier alpha value is -4.38. The van der Waals surface area contributed by atoms with Crippen molar-refractivity contribution in [1.29, 1.82) is 5.26 Å². The lowest BCUT2D eigenvalue weighted by Crippen LogP contribution is -2.50. The Labute approximate surface area is 189 Å². The zero-order valence-electron chi connectivity index (χ0n) is 17.6. The number of benzene rings is 2. The fraction of sp³-hybridized carbons (Fsp3) is 0.200. The lowest BCUT2D eigenvalue weighted by atomic mass is 9.65. The van der Waals surface area contributed by atoms with Gasteiger partial charge in [-0.05, 0) is 24.6 Å². The number of Topliss-reactive ketones (excluding diaryl/α,β-unsaturated/α-hetero) is 1. The molecule has 2 aromatic rings. The first-order valence-corrected chi connectivity index (χ1v) is 10.6. The maximum Gasteiger partial charge on any atom is 0.248 e. The van der Waals surface area contributed by atoms with Crippen molar-refractivity contribution in [2.24, 2.45) is 5.73 Å². The topological polar surface area (TPSA) is 126 Å². The van der Waals surface area contributed by atoms with Crippen LogP contribution in [0, 0.1) is 11.3 Å². The lowest BCUT2D eigenvalue weighted by molar-refractivity contribution is -0.125. The molecule has 2 heterocycles. The summed E-state index contributed by atoms with van der Waals surface area (Å²) in [7, 11) is 0. The van der Waals surface area contributed by atoms with E-state index >= 15 is 0 Å². The van der Waals surface area contributed by atoms with Crippen LogP contribution in [0.15, 0.2) is 77.4 Å². The summed E-state index contributed by atoms with van der Waals surface area (Å²) in [6, 6.07) is 17.8. The highest BCUT2D eigenvalue weighted by molar-refractivity contribution is 6.21. The molecule has 3 N–H and O–H groups in total. The van der Waals surface area contributed by atoms with Crippen molar-refractivity contribution < 1.29 is 19.1 Å². The molecule has 0 aromatic heterocycles. The third-order valence-electron chi connectivity index (χ3n) is 6.23.